The Bertz CT molecular complexity index is 769. The summed E-state index contributed by atoms with van der Waals surface area (Å²) in [5.74, 6) is -1.72. The Kier molecular flexibility index (Phi) is 6.00. The summed E-state index contributed by atoms with van der Waals surface area (Å²) in [6.07, 6.45) is 1.42. The minimum Gasteiger partial charge on any atom is -0.481 e. The van der Waals surface area contributed by atoms with Crippen molar-refractivity contribution in [2.45, 2.75) is 19.8 Å². The number of carbonyl (C=O) groups excluding carboxylic acids is 1. The van der Waals surface area contributed by atoms with Gasteiger partial charge in [-0.1, -0.05) is 30.3 Å². The van der Waals surface area contributed by atoms with Crippen molar-refractivity contribution >= 4 is 23.2 Å². The maximum Gasteiger partial charge on any atom is 0.308 e. The third-order valence-electron chi connectivity index (χ3n) is 4.62. The largest absolute Gasteiger partial charge is 0.481 e. The second kappa shape index (κ2) is 8.42. The number of rotatable bonds is 6. The van der Waals surface area contributed by atoms with Crippen LogP contribution in [-0.2, 0) is 9.53 Å². The maximum absolute atomic E-state index is 12.7. The zero-order chi connectivity index (χ0) is 18.5. The highest BCUT2D eigenvalue weighted by molar-refractivity contribution is 7.14. The van der Waals surface area contributed by atoms with Gasteiger partial charge in [-0.3, -0.25) is 9.59 Å². The zero-order valence-electron chi connectivity index (χ0n) is 14.6. The van der Waals surface area contributed by atoms with E-state index in [4.69, 9.17) is 4.74 Å². The molecule has 1 aliphatic rings. The predicted octanol–water partition coefficient (Wildman–Crippen LogP) is 2.98. The van der Waals surface area contributed by atoms with Crippen LogP contribution in [0.1, 0.15) is 27.5 Å². The van der Waals surface area contributed by atoms with Gasteiger partial charge in [0.25, 0.3) is 5.91 Å². The average Bonchev–Trinajstić information content (AvgIpc) is 3.05. The van der Waals surface area contributed by atoms with E-state index in [0.29, 0.717) is 36.6 Å². The first-order valence-electron chi connectivity index (χ1n) is 8.68. The Labute approximate surface area is 156 Å². The van der Waals surface area contributed by atoms with Crippen molar-refractivity contribution < 1.29 is 19.4 Å². The van der Waals surface area contributed by atoms with Crippen LogP contribution in [0.2, 0.25) is 0 Å². The number of carboxylic acid groups (broad SMARTS) is 1. The number of hydrogen-bond donors (Lipinski definition) is 2. The molecule has 0 spiro atoms. The monoisotopic (exact) mass is 374 g/mol. The number of aromatic nitrogens is 1. The summed E-state index contributed by atoms with van der Waals surface area (Å²) in [6, 6.07) is 9.53. The van der Waals surface area contributed by atoms with E-state index in [1.807, 2.05) is 37.3 Å². The van der Waals surface area contributed by atoms with Crippen molar-refractivity contribution in [3.8, 4) is 11.3 Å². The second-order valence-electron chi connectivity index (χ2n) is 6.38. The first-order chi connectivity index (χ1) is 12.6. The molecule has 0 aliphatic carbocycles. The molecule has 1 aromatic carbocycles. The molecule has 26 heavy (non-hydrogen) atoms. The SMILES string of the molecule is Cc1nc(-c2ccccc2)c(C(=O)NCC(C(=O)O)C2CCOCC2)s1. The molecule has 2 aromatic rings. The van der Waals surface area contributed by atoms with Gasteiger partial charge >= 0.3 is 5.97 Å². The molecular formula is C19H22N2O4S. The molecule has 1 saturated heterocycles. The third-order valence-corrected chi connectivity index (χ3v) is 5.59. The van der Waals surface area contributed by atoms with Crippen LogP contribution >= 0.6 is 11.3 Å². The van der Waals surface area contributed by atoms with Gasteiger partial charge in [0.05, 0.1) is 16.6 Å². The van der Waals surface area contributed by atoms with Crippen molar-refractivity contribution in [3.63, 3.8) is 0 Å². The topological polar surface area (TPSA) is 88.5 Å². The van der Waals surface area contributed by atoms with E-state index in [0.717, 1.165) is 10.6 Å². The fraction of sp³-hybridized carbons (Fsp3) is 0.421. The van der Waals surface area contributed by atoms with Crippen molar-refractivity contribution in [2.24, 2.45) is 11.8 Å². The number of hydrogen-bond acceptors (Lipinski definition) is 5. The van der Waals surface area contributed by atoms with Gasteiger partial charge in [-0.25, -0.2) is 4.98 Å². The third kappa shape index (κ3) is 4.28. The van der Waals surface area contributed by atoms with Crippen LogP contribution in [-0.4, -0.2) is 41.7 Å². The molecular weight excluding hydrogens is 352 g/mol. The van der Waals surface area contributed by atoms with Crippen LogP contribution in [0, 0.1) is 18.8 Å². The van der Waals surface area contributed by atoms with Gasteiger partial charge in [0.1, 0.15) is 4.88 Å². The van der Waals surface area contributed by atoms with Gasteiger partial charge in [0, 0.05) is 25.3 Å². The lowest BCUT2D eigenvalue weighted by Gasteiger charge is -2.27. The smallest absolute Gasteiger partial charge is 0.308 e. The molecule has 1 atom stereocenters. The van der Waals surface area contributed by atoms with Gasteiger partial charge in [-0.05, 0) is 25.7 Å². The first kappa shape index (κ1) is 18.5. The molecule has 1 amide bonds. The van der Waals surface area contributed by atoms with E-state index in [2.05, 4.69) is 10.3 Å². The molecule has 1 unspecified atom stereocenters. The van der Waals surface area contributed by atoms with E-state index in [1.165, 1.54) is 11.3 Å². The highest BCUT2D eigenvalue weighted by Gasteiger charge is 2.30. The Hall–Kier alpha value is -2.25. The first-order valence-corrected chi connectivity index (χ1v) is 9.49. The Morgan fingerprint density at radius 1 is 1.31 bits per heavy atom. The van der Waals surface area contributed by atoms with Crippen molar-refractivity contribution in [1.29, 1.82) is 0 Å². The summed E-state index contributed by atoms with van der Waals surface area (Å²) in [4.78, 5) is 29.3. The molecule has 1 fully saturated rings. The van der Waals surface area contributed by atoms with Crippen LogP contribution in [0.3, 0.4) is 0 Å². The molecule has 1 aromatic heterocycles. The number of carbonyl (C=O) groups is 2. The normalized spacial score (nSPS) is 16.2. The zero-order valence-corrected chi connectivity index (χ0v) is 15.4. The Morgan fingerprint density at radius 2 is 2.00 bits per heavy atom. The van der Waals surface area contributed by atoms with E-state index < -0.39 is 11.9 Å². The lowest BCUT2D eigenvalue weighted by molar-refractivity contribution is -0.144. The standard InChI is InChI=1S/C19H22N2O4S/c1-12-21-16(14-5-3-2-4-6-14)17(26-12)18(22)20-11-15(19(23)24)13-7-9-25-10-8-13/h2-6,13,15H,7-11H2,1H3,(H,20,22)(H,23,24). The van der Waals surface area contributed by atoms with Gasteiger partial charge in [0.15, 0.2) is 0 Å². The number of nitrogens with zero attached hydrogens (tertiary/aromatic N) is 1. The molecule has 2 N–H and O–H groups in total. The lowest BCUT2D eigenvalue weighted by Crippen LogP contribution is -2.38. The number of amides is 1. The minimum absolute atomic E-state index is 0.0262. The molecule has 138 valence electrons. The molecule has 1 aliphatic heterocycles. The summed E-state index contributed by atoms with van der Waals surface area (Å²) in [5, 5.41) is 13.2. The van der Waals surface area contributed by atoms with E-state index in [9.17, 15) is 14.7 Å². The molecule has 3 rings (SSSR count). The molecule has 7 heteroatoms. The van der Waals surface area contributed by atoms with Crippen LogP contribution in [0.15, 0.2) is 30.3 Å². The van der Waals surface area contributed by atoms with Gasteiger partial charge in [-0.15, -0.1) is 11.3 Å². The average molecular weight is 374 g/mol. The molecule has 6 nitrogen and oxygen atoms in total. The van der Waals surface area contributed by atoms with E-state index >= 15 is 0 Å². The highest BCUT2D eigenvalue weighted by Crippen LogP contribution is 2.28. The fourth-order valence-electron chi connectivity index (χ4n) is 3.23. The number of nitrogens with one attached hydrogen (secondary N) is 1. The number of benzene rings is 1. The molecule has 0 bridgehead atoms. The van der Waals surface area contributed by atoms with Gasteiger partial charge in [0.2, 0.25) is 0 Å². The number of aliphatic carboxylic acids is 1. The summed E-state index contributed by atoms with van der Waals surface area (Å²) in [6.45, 7) is 3.13. The Balaban J connectivity index is 1.73. The second-order valence-corrected chi connectivity index (χ2v) is 7.58. The quantitative estimate of drug-likeness (QED) is 0.811. The number of aryl methyl sites for hydroxylation is 1. The van der Waals surface area contributed by atoms with E-state index in [-0.39, 0.29) is 18.4 Å². The van der Waals surface area contributed by atoms with Crippen molar-refractivity contribution in [3.05, 3.63) is 40.2 Å². The summed E-state index contributed by atoms with van der Waals surface area (Å²) >= 11 is 1.32. The molecule has 0 saturated carbocycles. The summed E-state index contributed by atoms with van der Waals surface area (Å²) < 4.78 is 5.31. The van der Waals surface area contributed by atoms with E-state index in [1.54, 1.807) is 0 Å². The van der Waals surface area contributed by atoms with Gasteiger partial charge in [-0.2, -0.15) is 0 Å². The number of carboxylic acids is 1. The van der Waals surface area contributed by atoms with Crippen LogP contribution < -0.4 is 5.32 Å². The minimum atomic E-state index is -0.874. The highest BCUT2D eigenvalue weighted by atomic mass is 32.1. The molecule has 0 radical (unpaired) electrons. The van der Waals surface area contributed by atoms with Gasteiger partial charge < -0.3 is 15.2 Å². The van der Waals surface area contributed by atoms with Crippen molar-refractivity contribution in [2.75, 3.05) is 19.8 Å². The van der Waals surface area contributed by atoms with Crippen LogP contribution in [0.4, 0.5) is 0 Å². The lowest BCUT2D eigenvalue weighted by atomic mass is 9.86. The van der Waals surface area contributed by atoms with Crippen LogP contribution in [0.5, 0.6) is 0 Å². The Morgan fingerprint density at radius 3 is 2.65 bits per heavy atom. The number of ether oxygens (including phenoxy) is 1. The van der Waals surface area contributed by atoms with Crippen molar-refractivity contribution in [1.82, 2.24) is 10.3 Å². The predicted molar refractivity (Wildman–Crippen MR) is 99.3 cm³/mol. The summed E-state index contributed by atoms with van der Waals surface area (Å²) in [5.41, 5.74) is 1.52. The number of thiazole rings is 1. The van der Waals surface area contributed by atoms with Crippen LogP contribution in [0.25, 0.3) is 11.3 Å². The fourth-order valence-corrected chi connectivity index (χ4v) is 4.09. The maximum atomic E-state index is 12.7. The summed E-state index contributed by atoms with van der Waals surface area (Å²) in [7, 11) is 0. The molecule has 2 heterocycles.